The normalized spacial score (nSPS) is 25.8. The van der Waals surface area contributed by atoms with Crippen molar-refractivity contribution in [2.24, 2.45) is 5.92 Å². The molecule has 2 aliphatic rings. The molecule has 3 nitrogen and oxygen atoms in total. The van der Waals surface area contributed by atoms with Crippen LogP contribution in [0, 0.1) is 5.92 Å². The molecule has 3 aromatic heterocycles. The highest BCUT2D eigenvalue weighted by Crippen LogP contribution is 2.41. The van der Waals surface area contributed by atoms with Crippen molar-refractivity contribution in [2.75, 3.05) is 13.1 Å². The number of pyridine rings is 1. The number of allylic oxidation sites excluding steroid dienone is 3. The number of fused-ring (bicyclic) bond motifs is 2. The van der Waals surface area contributed by atoms with Gasteiger partial charge in [0.25, 0.3) is 0 Å². The molecule has 25 heavy (non-hydrogen) atoms. The highest BCUT2D eigenvalue weighted by molar-refractivity contribution is 7.08. The zero-order valence-electron chi connectivity index (χ0n) is 14.0. The molecule has 0 bridgehead atoms. The summed E-state index contributed by atoms with van der Waals surface area (Å²) in [7, 11) is 0. The molecule has 0 amide bonds. The van der Waals surface area contributed by atoms with E-state index in [1.807, 2.05) is 12.3 Å². The lowest BCUT2D eigenvalue weighted by atomic mass is 9.69. The van der Waals surface area contributed by atoms with Crippen LogP contribution in [0.1, 0.15) is 17.5 Å². The number of aromatic amines is 1. The van der Waals surface area contributed by atoms with Crippen LogP contribution in [0.3, 0.4) is 0 Å². The fourth-order valence-corrected chi connectivity index (χ4v) is 4.99. The zero-order valence-corrected chi connectivity index (χ0v) is 14.9. The van der Waals surface area contributed by atoms with Gasteiger partial charge in [-0.2, -0.15) is 11.3 Å². The van der Waals surface area contributed by atoms with E-state index in [9.17, 15) is 0 Å². The van der Waals surface area contributed by atoms with Crippen molar-refractivity contribution in [1.29, 1.82) is 0 Å². The number of aromatic nitrogens is 2. The predicted octanol–water partition coefficient (Wildman–Crippen LogP) is 4.21. The third-order valence-electron chi connectivity index (χ3n) is 5.58. The van der Waals surface area contributed by atoms with Gasteiger partial charge in [-0.05, 0) is 59.5 Å². The largest absolute Gasteiger partial charge is 0.346 e. The Hall–Kier alpha value is -2.17. The monoisotopic (exact) mass is 347 g/mol. The van der Waals surface area contributed by atoms with E-state index in [2.05, 4.69) is 62.6 Å². The second-order valence-electron chi connectivity index (χ2n) is 7.09. The minimum atomic E-state index is -0.0597. The van der Waals surface area contributed by atoms with E-state index in [1.165, 1.54) is 28.5 Å². The molecule has 2 N–H and O–H groups in total. The Bertz CT molecular complexity index is 951. The number of hydrogen-bond acceptors (Lipinski definition) is 3. The lowest BCUT2D eigenvalue weighted by Crippen LogP contribution is -2.35. The SMILES string of the molecule is C1=CC(Cc2c[nH]c3ncccc23)(c2ccsc2)C=C2CNCCC12. The van der Waals surface area contributed by atoms with Crippen LogP contribution < -0.4 is 5.32 Å². The van der Waals surface area contributed by atoms with Crippen LogP contribution >= 0.6 is 11.3 Å². The molecule has 0 radical (unpaired) electrons. The first-order chi connectivity index (χ1) is 12.3. The van der Waals surface area contributed by atoms with Gasteiger partial charge in [-0.25, -0.2) is 4.98 Å². The van der Waals surface area contributed by atoms with E-state index in [-0.39, 0.29) is 5.41 Å². The van der Waals surface area contributed by atoms with Crippen LogP contribution in [0.15, 0.2) is 65.2 Å². The average molecular weight is 347 g/mol. The van der Waals surface area contributed by atoms with Gasteiger partial charge in [0.05, 0.1) is 0 Å². The van der Waals surface area contributed by atoms with Gasteiger partial charge < -0.3 is 10.3 Å². The van der Waals surface area contributed by atoms with Gasteiger partial charge in [0.1, 0.15) is 5.65 Å². The summed E-state index contributed by atoms with van der Waals surface area (Å²) < 4.78 is 0. The summed E-state index contributed by atoms with van der Waals surface area (Å²) in [6.07, 6.45) is 13.6. The van der Waals surface area contributed by atoms with Crippen molar-refractivity contribution in [3.05, 3.63) is 76.3 Å². The highest BCUT2D eigenvalue weighted by Gasteiger charge is 2.34. The number of hydrogen-bond donors (Lipinski definition) is 2. The Kier molecular flexibility index (Phi) is 3.61. The minimum Gasteiger partial charge on any atom is -0.346 e. The molecule has 126 valence electrons. The smallest absolute Gasteiger partial charge is 0.137 e. The van der Waals surface area contributed by atoms with Crippen LogP contribution in [-0.2, 0) is 11.8 Å². The van der Waals surface area contributed by atoms with Gasteiger partial charge in [0.15, 0.2) is 0 Å². The second-order valence-corrected chi connectivity index (χ2v) is 7.87. The molecule has 2 atom stereocenters. The molecule has 4 heterocycles. The molecular weight excluding hydrogens is 326 g/mol. The maximum atomic E-state index is 4.45. The van der Waals surface area contributed by atoms with Crippen molar-refractivity contribution >= 4 is 22.4 Å². The number of thiophene rings is 1. The van der Waals surface area contributed by atoms with Gasteiger partial charge in [-0.15, -0.1) is 0 Å². The van der Waals surface area contributed by atoms with Crippen LogP contribution in [-0.4, -0.2) is 23.1 Å². The molecule has 3 aromatic rings. The predicted molar refractivity (Wildman–Crippen MR) is 104 cm³/mol. The molecule has 1 aliphatic heterocycles. The first-order valence-electron chi connectivity index (χ1n) is 8.89. The van der Waals surface area contributed by atoms with E-state index >= 15 is 0 Å². The van der Waals surface area contributed by atoms with E-state index in [1.54, 1.807) is 11.3 Å². The molecule has 1 aliphatic carbocycles. The third kappa shape index (κ3) is 2.57. The molecular formula is C21H21N3S. The van der Waals surface area contributed by atoms with E-state index in [0.717, 1.165) is 25.2 Å². The summed E-state index contributed by atoms with van der Waals surface area (Å²) in [6, 6.07) is 6.46. The molecule has 1 fully saturated rings. The van der Waals surface area contributed by atoms with Crippen molar-refractivity contribution in [1.82, 2.24) is 15.3 Å². The molecule has 0 aromatic carbocycles. The van der Waals surface area contributed by atoms with Gasteiger partial charge in [0, 0.05) is 35.7 Å². The maximum absolute atomic E-state index is 4.45. The van der Waals surface area contributed by atoms with Crippen molar-refractivity contribution in [3.8, 4) is 0 Å². The Morgan fingerprint density at radius 2 is 2.32 bits per heavy atom. The topological polar surface area (TPSA) is 40.7 Å². The van der Waals surface area contributed by atoms with Crippen molar-refractivity contribution < 1.29 is 0 Å². The molecule has 5 rings (SSSR count). The van der Waals surface area contributed by atoms with E-state index in [4.69, 9.17) is 0 Å². The van der Waals surface area contributed by atoms with Crippen LogP contribution in [0.5, 0.6) is 0 Å². The first-order valence-corrected chi connectivity index (χ1v) is 9.84. The highest BCUT2D eigenvalue weighted by atomic mass is 32.1. The number of piperidine rings is 1. The average Bonchev–Trinajstić information content (AvgIpc) is 3.33. The summed E-state index contributed by atoms with van der Waals surface area (Å²) in [5.41, 5.74) is 5.18. The van der Waals surface area contributed by atoms with Crippen molar-refractivity contribution in [3.63, 3.8) is 0 Å². The van der Waals surface area contributed by atoms with Gasteiger partial charge in [-0.3, -0.25) is 0 Å². The fraction of sp³-hybridized carbons (Fsp3) is 0.286. The summed E-state index contributed by atoms with van der Waals surface area (Å²) in [6.45, 7) is 2.13. The minimum absolute atomic E-state index is 0.0597. The lowest BCUT2D eigenvalue weighted by Gasteiger charge is -2.36. The fourth-order valence-electron chi connectivity index (χ4n) is 4.25. The van der Waals surface area contributed by atoms with Crippen LogP contribution in [0.4, 0.5) is 0 Å². The molecule has 4 heteroatoms. The van der Waals surface area contributed by atoms with Crippen LogP contribution in [0.25, 0.3) is 11.0 Å². The molecule has 2 unspecified atom stereocenters. The Balaban J connectivity index is 1.61. The quantitative estimate of drug-likeness (QED) is 0.697. The van der Waals surface area contributed by atoms with Gasteiger partial charge in [-0.1, -0.05) is 23.8 Å². The number of nitrogens with zero attached hydrogens (tertiary/aromatic N) is 1. The number of H-pyrrole nitrogens is 1. The standard InChI is InChI=1S/C21H21N3S/c1-2-19-17(13-24-20(19)23-7-1)11-21(18-5-9-25-14-18)6-3-15-4-8-22-12-16(15)10-21/h1-3,5-7,9-10,13-15,22H,4,8,11-12H2,(H,23,24). The molecule has 1 saturated heterocycles. The summed E-state index contributed by atoms with van der Waals surface area (Å²) >= 11 is 1.78. The third-order valence-corrected chi connectivity index (χ3v) is 6.27. The first kappa shape index (κ1) is 15.1. The zero-order chi connectivity index (χ0) is 16.7. The second kappa shape index (κ2) is 5.97. The van der Waals surface area contributed by atoms with Crippen LogP contribution in [0.2, 0.25) is 0 Å². The molecule has 0 spiro atoms. The Labute approximate surface area is 151 Å². The number of nitrogens with one attached hydrogen (secondary N) is 2. The summed E-state index contributed by atoms with van der Waals surface area (Å²) in [5, 5.41) is 9.25. The van der Waals surface area contributed by atoms with E-state index in [0.29, 0.717) is 5.92 Å². The Morgan fingerprint density at radius 3 is 3.24 bits per heavy atom. The summed E-state index contributed by atoms with van der Waals surface area (Å²) in [4.78, 5) is 7.78. The van der Waals surface area contributed by atoms with Crippen molar-refractivity contribution in [2.45, 2.75) is 18.3 Å². The number of rotatable bonds is 3. The van der Waals surface area contributed by atoms with Gasteiger partial charge >= 0.3 is 0 Å². The Morgan fingerprint density at radius 1 is 1.32 bits per heavy atom. The summed E-state index contributed by atoms with van der Waals surface area (Å²) in [5.74, 6) is 0.609. The lowest BCUT2D eigenvalue weighted by molar-refractivity contribution is 0.503. The van der Waals surface area contributed by atoms with E-state index < -0.39 is 0 Å². The van der Waals surface area contributed by atoms with Gasteiger partial charge in [0.2, 0.25) is 0 Å². The molecule has 0 saturated carbocycles. The maximum Gasteiger partial charge on any atom is 0.137 e.